The van der Waals surface area contributed by atoms with Gasteiger partial charge in [-0.2, -0.15) is 0 Å². The number of ether oxygens (including phenoxy) is 1. The molecular formula is C16H28O2. The molecule has 3 atom stereocenters. The van der Waals surface area contributed by atoms with E-state index in [2.05, 4.69) is 20.8 Å². The maximum Gasteiger partial charge on any atom is 0.330 e. The van der Waals surface area contributed by atoms with Gasteiger partial charge in [0.2, 0.25) is 0 Å². The van der Waals surface area contributed by atoms with Crippen LogP contribution in [0.15, 0.2) is 11.6 Å². The van der Waals surface area contributed by atoms with Crippen molar-refractivity contribution in [2.75, 3.05) is 0 Å². The van der Waals surface area contributed by atoms with E-state index in [0.29, 0.717) is 5.92 Å². The van der Waals surface area contributed by atoms with Crippen molar-refractivity contribution in [1.29, 1.82) is 0 Å². The topological polar surface area (TPSA) is 26.3 Å². The van der Waals surface area contributed by atoms with Crippen LogP contribution in [0.25, 0.3) is 0 Å². The van der Waals surface area contributed by atoms with Crippen molar-refractivity contribution in [3.63, 3.8) is 0 Å². The summed E-state index contributed by atoms with van der Waals surface area (Å²) in [5.74, 6) is 1.96. The third kappa shape index (κ3) is 5.70. The smallest absolute Gasteiger partial charge is 0.330 e. The van der Waals surface area contributed by atoms with E-state index in [4.69, 9.17) is 4.74 Å². The van der Waals surface area contributed by atoms with Gasteiger partial charge in [-0.05, 0) is 57.3 Å². The predicted octanol–water partition coefficient (Wildman–Crippen LogP) is 4.35. The van der Waals surface area contributed by atoms with Gasteiger partial charge in [0.1, 0.15) is 6.10 Å². The summed E-state index contributed by atoms with van der Waals surface area (Å²) in [5, 5.41) is 0. The molecule has 1 rings (SSSR count). The minimum Gasteiger partial charge on any atom is -0.459 e. The highest BCUT2D eigenvalue weighted by molar-refractivity contribution is 5.82. The summed E-state index contributed by atoms with van der Waals surface area (Å²) in [4.78, 5) is 11.7. The Morgan fingerprint density at radius 2 is 1.94 bits per heavy atom. The van der Waals surface area contributed by atoms with Crippen LogP contribution >= 0.6 is 0 Å². The molecule has 0 aromatic heterocycles. The quantitative estimate of drug-likeness (QED) is 0.549. The first kappa shape index (κ1) is 15.3. The van der Waals surface area contributed by atoms with Gasteiger partial charge in [-0.1, -0.05) is 26.3 Å². The van der Waals surface area contributed by atoms with Gasteiger partial charge in [-0.25, -0.2) is 4.79 Å². The van der Waals surface area contributed by atoms with E-state index < -0.39 is 0 Å². The zero-order valence-electron chi connectivity index (χ0n) is 12.5. The maximum atomic E-state index is 11.7. The molecule has 0 spiro atoms. The number of carbonyl (C=O) groups is 1. The Hall–Kier alpha value is -0.790. The highest BCUT2D eigenvalue weighted by atomic mass is 16.5. The second-order valence-electron chi connectivity index (χ2n) is 6.59. The van der Waals surface area contributed by atoms with Crippen molar-refractivity contribution in [2.45, 2.75) is 66.4 Å². The molecule has 0 radical (unpaired) electrons. The first-order valence-electron chi connectivity index (χ1n) is 7.22. The fourth-order valence-corrected chi connectivity index (χ4v) is 3.07. The highest BCUT2D eigenvalue weighted by Gasteiger charge is 2.28. The number of carbonyl (C=O) groups excluding carboxylic acids is 1. The summed E-state index contributed by atoms with van der Waals surface area (Å²) >= 11 is 0. The van der Waals surface area contributed by atoms with Crippen molar-refractivity contribution in [2.24, 2.45) is 17.8 Å². The summed E-state index contributed by atoms with van der Waals surface area (Å²) in [5.41, 5.74) is 1.00. The van der Waals surface area contributed by atoms with E-state index in [1.807, 2.05) is 13.8 Å². The number of allylic oxidation sites excluding steroid dienone is 1. The first-order valence-corrected chi connectivity index (χ1v) is 7.22. The molecule has 18 heavy (non-hydrogen) atoms. The molecule has 0 saturated heterocycles. The van der Waals surface area contributed by atoms with E-state index in [1.165, 1.54) is 12.8 Å². The van der Waals surface area contributed by atoms with Gasteiger partial charge in [0.25, 0.3) is 0 Å². The van der Waals surface area contributed by atoms with Crippen LogP contribution in [0, 0.1) is 17.8 Å². The Morgan fingerprint density at radius 1 is 1.28 bits per heavy atom. The lowest BCUT2D eigenvalue weighted by molar-refractivity contribution is -0.146. The molecule has 0 aliphatic heterocycles. The summed E-state index contributed by atoms with van der Waals surface area (Å²) in [6.07, 6.45) is 6.33. The van der Waals surface area contributed by atoms with Gasteiger partial charge >= 0.3 is 5.97 Å². The van der Waals surface area contributed by atoms with E-state index in [9.17, 15) is 4.79 Å². The van der Waals surface area contributed by atoms with Gasteiger partial charge in [-0.15, -0.1) is 0 Å². The molecule has 0 bridgehead atoms. The SMILES string of the molecule is CC(C)=CC(=O)OC1CC(C)CC(CC(C)C)C1. The predicted molar refractivity (Wildman–Crippen MR) is 75.3 cm³/mol. The standard InChI is InChI=1S/C16H28O2/c1-11(2)6-14-8-13(5)9-15(10-14)18-16(17)7-12(3)4/h7,11,13-15H,6,8-10H2,1-5H3. The van der Waals surface area contributed by atoms with Crippen LogP contribution in [0.3, 0.4) is 0 Å². The molecule has 2 heteroatoms. The van der Waals surface area contributed by atoms with Crippen molar-refractivity contribution >= 4 is 5.97 Å². The lowest BCUT2D eigenvalue weighted by Gasteiger charge is -2.33. The van der Waals surface area contributed by atoms with Crippen LogP contribution in [0.1, 0.15) is 60.3 Å². The largest absolute Gasteiger partial charge is 0.459 e. The molecule has 2 nitrogen and oxygen atoms in total. The van der Waals surface area contributed by atoms with Crippen molar-refractivity contribution < 1.29 is 9.53 Å². The second-order valence-corrected chi connectivity index (χ2v) is 6.59. The normalized spacial score (nSPS) is 28.0. The second kappa shape index (κ2) is 6.96. The Bertz CT molecular complexity index is 298. The van der Waals surface area contributed by atoms with E-state index in [0.717, 1.165) is 30.3 Å². The molecule has 0 aromatic carbocycles. The number of esters is 1. The lowest BCUT2D eigenvalue weighted by Crippen LogP contribution is -2.29. The van der Waals surface area contributed by atoms with Gasteiger partial charge < -0.3 is 4.74 Å². The molecule has 1 saturated carbocycles. The molecule has 1 aliphatic carbocycles. The summed E-state index contributed by atoms with van der Waals surface area (Å²) in [6.45, 7) is 10.7. The minimum absolute atomic E-state index is 0.126. The molecule has 1 aliphatic rings. The number of hydrogen-bond acceptors (Lipinski definition) is 2. The van der Waals surface area contributed by atoms with E-state index in [-0.39, 0.29) is 12.1 Å². The fourth-order valence-electron chi connectivity index (χ4n) is 3.07. The summed E-state index contributed by atoms with van der Waals surface area (Å²) in [7, 11) is 0. The van der Waals surface area contributed by atoms with Crippen LogP contribution in [-0.4, -0.2) is 12.1 Å². The van der Waals surface area contributed by atoms with Crippen molar-refractivity contribution in [3.8, 4) is 0 Å². The highest BCUT2D eigenvalue weighted by Crippen LogP contribution is 2.34. The fraction of sp³-hybridized carbons (Fsp3) is 0.812. The average Bonchev–Trinajstić information content (AvgIpc) is 2.12. The number of rotatable bonds is 4. The molecule has 3 unspecified atom stereocenters. The Kier molecular flexibility index (Phi) is 5.90. The number of hydrogen-bond donors (Lipinski definition) is 0. The summed E-state index contributed by atoms with van der Waals surface area (Å²) < 4.78 is 5.57. The minimum atomic E-state index is -0.169. The zero-order chi connectivity index (χ0) is 13.7. The third-order valence-electron chi connectivity index (χ3n) is 3.49. The van der Waals surface area contributed by atoms with Crippen molar-refractivity contribution in [1.82, 2.24) is 0 Å². The maximum absolute atomic E-state index is 11.7. The summed E-state index contributed by atoms with van der Waals surface area (Å²) in [6, 6.07) is 0. The van der Waals surface area contributed by atoms with Crippen LogP contribution in [0.5, 0.6) is 0 Å². The molecule has 0 amide bonds. The lowest BCUT2D eigenvalue weighted by atomic mass is 9.77. The van der Waals surface area contributed by atoms with Crippen LogP contribution in [0.4, 0.5) is 0 Å². The van der Waals surface area contributed by atoms with Crippen LogP contribution in [0.2, 0.25) is 0 Å². The van der Waals surface area contributed by atoms with Gasteiger partial charge in [-0.3, -0.25) is 0 Å². The van der Waals surface area contributed by atoms with Crippen molar-refractivity contribution in [3.05, 3.63) is 11.6 Å². The third-order valence-corrected chi connectivity index (χ3v) is 3.49. The van der Waals surface area contributed by atoms with Gasteiger partial charge in [0, 0.05) is 6.08 Å². The first-order chi connectivity index (χ1) is 8.36. The molecule has 0 heterocycles. The average molecular weight is 252 g/mol. The Balaban J connectivity index is 2.50. The molecule has 0 aromatic rings. The Morgan fingerprint density at radius 3 is 2.50 bits per heavy atom. The van der Waals surface area contributed by atoms with Gasteiger partial charge in [0.05, 0.1) is 0 Å². The Labute approximate surface area is 112 Å². The van der Waals surface area contributed by atoms with Crippen LogP contribution < -0.4 is 0 Å². The molecule has 1 fully saturated rings. The molecule has 104 valence electrons. The molecule has 0 N–H and O–H groups in total. The van der Waals surface area contributed by atoms with E-state index in [1.54, 1.807) is 6.08 Å². The zero-order valence-corrected chi connectivity index (χ0v) is 12.5. The monoisotopic (exact) mass is 252 g/mol. The van der Waals surface area contributed by atoms with Gasteiger partial charge in [0.15, 0.2) is 0 Å². The molecular weight excluding hydrogens is 224 g/mol. The van der Waals surface area contributed by atoms with E-state index >= 15 is 0 Å². The van der Waals surface area contributed by atoms with Crippen LogP contribution in [-0.2, 0) is 9.53 Å².